The highest BCUT2D eigenvalue weighted by Crippen LogP contribution is 2.06. The molecule has 1 atom stereocenters. The van der Waals surface area contributed by atoms with Crippen LogP contribution in [0.4, 0.5) is 0 Å². The fourth-order valence-electron chi connectivity index (χ4n) is 1.71. The van der Waals surface area contributed by atoms with E-state index in [9.17, 15) is 0 Å². The Morgan fingerprint density at radius 3 is 2.88 bits per heavy atom. The molecule has 0 amide bonds. The van der Waals surface area contributed by atoms with E-state index in [2.05, 4.69) is 11.4 Å². The van der Waals surface area contributed by atoms with E-state index in [0.717, 1.165) is 25.3 Å². The van der Waals surface area contributed by atoms with Gasteiger partial charge in [-0.15, -0.1) is 0 Å². The van der Waals surface area contributed by atoms with Crippen molar-refractivity contribution in [3.63, 3.8) is 0 Å². The topological polar surface area (TPSA) is 54.3 Å². The van der Waals surface area contributed by atoms with Gasteiger partial charge in [-0.05, 0) is 17.7 Å². The lowest BCUT2D eigenvalue weighted by Crippen LogP contribution is -2.40. The summed E-state index contributed by atoms with van der Waals surface area (Å²) in [6.45, 7) is 3.70. The van der Waals surface area contributed by atoms with E-state index in [1.165, 1.54) is 0 Å². The Morgan fingerprint density at radius 1 is 1.41 bits per heavy atom. The predicted molar refractivity (Wildman–Crippen MR) is 63.4 cm³/mol. The lowest BCUT2D eigenvalue weighted by atomic mass is 10.2. The molecule has 0 aliphatic carbocycles. The Hall–Kier alpha value is -1.41. The van der Waals surface area contributed by atoms with Crippen molar-refractivity contribution in [2.75, 3.05) is 26.3 Å². The highest BCUT2D eigenvalue weighted by Gasteiger charge is 2.12. The van der Waals surface area contributed by atoms with Crippen LogP contribution in [-0.2, 0) is 16.1 Å². The van der Waals surface area contributed by atoms with E-state index < -0.39 is 0 Å². The first-order chi connectivity index (χ1) is 8.38. The maximum atomic E-state index is 8.67. The van der Waals surface area contributed by atoms with Crippen LogP contribution in [0.2, 0.25) is 0 Å². The smallest absolute Gasteiger partial charge is 0.0991 e. The first-order valence-corrected chi connectivity index (χ1v) is 5.77. The van der Waals surface area contributed by atoms with E-state index in [1.807, 2.05) is 12.1 Å². The second kappa shape index (κ2) is 6.36. The van der Waals surface area contributed by atoms with Gasteiger partial charge in [-0.1, -0.05) is 12.1 Å². The average Bonchev–Trinajstić information content (AvgIpc) is 2.41. The van der Waals surface area contributed by atoms with Gasteiger partial charge in [0.2, 0.25) is 0 Å². The van der Waals surface area contributed by atoms with Crippen molar-refractivity contribution < 1.29 is 9.47 Å². The van der Waals surface area contributed by atoms with E-state index in [-0.39, 0.29) is 6.10 Å². The van der Waals surface area contributed by atoms with Crippen LogP contribution < -0.4 is 5.32 Å². The van der Waals surface area contributed by atoms with Crippen LogP contribution in [0.5, 0.6) is 0 Å². The predicted octanol–water partition coefficient (Wildman–Crippen LogP) is 1.06. The summed E-state index contributed by atoms with van der Waals surface area (Å²) in [6.07, 6.45) is 0.155. The first kappa shape index (κ1) is 12.1. The minimum Gasteiger partial charge on any atom is -0.374 e. The molecule has 4 heteroatoms. The fraction of sp³-hybridized carbons (Fsp3) is 0.462. The van der Waals surface area contributed by atoms with Gasteiger partial charge in [-0.3, -0.25) is 0 Å². The number of nitriles is 1. The molecule has 1 aromatic carbocycles. The molecule has 0 spiro atoms. The van der Waals surface area contributed by atoms with Crippen LogP contribution >= 0.6 is 0 Å². The Bertz CT molecular complexity index is 377. The van der Waals surface area contributed by atoms with Gasteiger partial charge in [-0.25, -0.2) is 0 Å². The summed E-state index contributed by atoms with van der Waals surface area (Å²) in [4.78, 5) is 0. The van der Waals surface area contributed by atoms with Gasteiger partial charge in [0.05, 0.1) is 37.6 Å². The monoisotopic (exact) mass is 232 g/mol. The molecule has 1 unspecified atom stereocenters. The molecule has 1 N–H and O–H groups in total. The standard InChI is InChI=1S/C13H16N2O2/c14-7-11-1-3-12(4-2-11)9-16-10-13-8-15-5-6-17-13/h1-4,13,15H,5-6,8-10H2. The molecule has 0 bridgehead atoms. The summed E-state index contributed by atoms with van der Waals surface area (Å²) < 4.78 is 11.1. The molecule has 0 radical (unpaired) electrons. The zero-order valence-electron chi connectivity index (χ0n) is 9.69. The van der Waals surface area contributed by atoms with E-state index in [1.54, 1.807) is 12.1 Å². The van der Waals surface area contributed by atoms with Crippen LogP contribution in [0, 0.1) is 11.3 Å². The van der Waals surface area contributed by atoms with E-state index in [4.69, 9.17) is 14.7 Å². The third kappa shape index (κ3) is 3.82. The second-order valence-corrected chi connectivity index (χ2v) is 4.02. The van der Waals surface area contributed by atoms with Crippen LogP contribution in [0.15, 0.2) is 24.3 Å². The maximum Gasteiger partial charge on any atom is 0.0991 e. The lowest BCUT2D eigenvalue weighted by molar-refractivity contribution is -0.0357. The Labute approximate surface area is 101 Å². The van der Waals surface area contributed by atoms with Crippen molar-refractivity contribution in [3.05, 3.63) is 35.4 Å². The van der Waals surface area contributed by atoms with Gasteiger partial charge < -0.3 is 14.8 Å². The minimum atomic E-state index is 0.155. The van der Waals surface area contributed by atoms with Gasteiger partial charge in [0.25, 0.3) is 0 Å². The van der Waals surface area contributed by atoms with Crippen LogP contribution in [0.3, 0.4) is 0 Å². The summed E-state index contributed by atoms with van der Waals surface area (Å²) in [5, 5.41) is 11.9. The zero-order chi connectivity index (χ0) is 11.9. The fourth-order valence-corrected chi connectivity index (χ4v) is 1.71. The number of hydrogen-bond acceptors (Lipinski definition) is 4. The van der Waals surface area contributed by atoms with Crippen molar-refractivity contribution >= 4 is 0 Å². The quantitative estimate of drug-likeness (QED) is 0.843. The molecule has 1 aromatic rings. The van der Waals surface area contributed by atoms with E-state index >= 15 is 0 Å². The highest BCUT2D eigenvalue weighted by atomic mass is 16.5. The number of benzene rings is 1. The van der Waals surface area contributed by atoms with Gasteiger partial charge in [0, 0.05) is 13.1 Å². The molecule has 17 heavy (non-hydrogen) atoms. The summed E-state index contributed by atoms with van der Waals surface area (Å²) in [5.41, 5.74) is 1.75. The Morgan fingerprint density at radius 2 is 2.24 bits per heavy atom. The number of morpholine rings is 1. The second-order valence-electron chi connectivity index (χ2n) is 4.02. The van der Waals surface area contributed by atoms with Crippen LogP contribution in [-0.4, -0.2) is 32.4 Å². The minimum absolute atomic E-state index is 0.155. The van der Waals surface area contributed by atoms with Gasteiger partial charge in [0.15, 0.2) is 0 Å². The first-order valence-electron chi connectivity index (χ1n) is 5.77. The van der Waals surface area contributed by atoms with Gasteiger partial charge >= 0.3 is 0 Å². The maximum absolute atomic E-state index is 8.67. The van der Waals surface area contributed by atoms with Crippen molar-refractivity contribution in [1.29, 1.82) is 5.26 Å². The van der Waals surface area contributed by atoms with Crippen LogP contribution in [0.1, 0.15) is 11.1 Å². The SMILES string of the molecule is N#Cc1ccc(COCC2CNCCO2)cc1. The van der Waals surface area contributed by atoms with Crippen molar-refractivity contribution in [1.82, 2.24) is 5.32 Å². The van der Waals surface area contributed by atoms with Crippen molar-refractivity contribution in [2.24, 2.45) is 0 Å². The molecule has 1 aliphatic rings. The molecule has 90 valence electrons. The van der Waals surface area contributed by atoms with Gasteiger partial charge in [-0.2, -0.15) is 5.26 Å². The van der Waals surface area contributed by atoms with Gasteiger partial charge in [0.1, 0.15) is 0 Å². The highest BCUT2D eigenvalue weighted by molar-refractivity contribution is 5.31. The molecule has 2 rings (SSSR count). The molecule has 1 heterocycles. The number of rotatable bonds is 4. The molecule has 1 fully saturated rings. The van der Waals surface area contributed by atoms with E-state index in [0.29, 0.717) is 18.8 Å². The largest absolute Gasteiger partial charge is 0.374 e. The molecule has 0 aromatic heterocycles. The molecule has 1 saturated heterocycles. The molecular weight excluding hydrogens is 216 g/mol. The number of nitrogens with one attached hydrogen (secondary N) is 1. The summed E-state index contributed by atoms with van der Waals surface area (Å²) in [6, 6.07) is 9.53. The summed E-state index contributed by atoms with van der Waals surface area (Å²) >= 11 is 0. The summed E-state index contributed by atoms with van der Waals surface area (Å²) in [5.74, 6) is 0. The molecule has 4 nitrogen and oxygen atoms in total. The molecular formula is C13H16N2O2. The van der Waals surface area contributed by atoms with Crippen molar-refractivity contribution in [2.45, 2.75) is 12.7 Å². The normalized spacial score (nSPS) is 19.8. The van der Waals surface area contributed by atoms with Crippen LogP contribution in [0.25, 0.3) is 0 Å². The zero-order valence-corrected chi connectivity index (χ0v) is 9.69. The number of hydrogen-bond donors (Lipinski definition) is 1. The third-order valence-corrected chi connectivity index (χ3v) is 2.66. The Balaban J connectivity index is 1.72. The van der Waals surface area contributed by atoms with Crippen molar-refractivity contribution in [3.8, 4) is 6.07 Å². The number of nitrogens with zero attached hydrogens (tertiary/aromatic N) is 1. The molecule has 1 aliphatic heterocycles. The average molecular weight is 232 g/mol. The lowest BCUT2D eigenvalue weighted by Gasteiger charge is -2.23. The number of ether oxygens (including phenoxy) is 2. The third-order valence-electron chi connectivity index (χ3n) is 2.66. The molecule has 0 saturated carbocycles. The Kier molecular flexibility index (Phi) is 4.51. The summed E-state index contributed by atoms with van der Waals surface area (Å²) in [7, 11) is 0.